The van der Waals surface area contributed by atoms with Gasteiger partial charge in [-0.3, -0.25) is 14.9 Å². The van der Waals surface area contributed by atoms with E-state index >= 15 is 0 Å². The van der Waals surface area contributed by atoms with Crippen molar-refractivity contribution in [1.82, 2.24) is 5.32 Å². The van der Waals surface area contributed by atoms with E-state index in [0.29, 0.717) is 29.5 Å². The summed E-state index contributed by atoms with van der Waals surface area (Å²) in [6, 6.07) is 11.4. The highest BCUT2D eigenvalue weighted by atomic mass is 79.9. The summed E-state index contributed by atoms with van der Waals surface area (Å²) in [5.41, 5.74) is 1.80. The molecule has 0 aromatic heterocycles. The minimum Gasteiger partial charge on any atom is -0.493 e. The SMILES string of the molecule is Cc1cc(N2C(=O)NC(=O)/C(=C\c3ccc(OCC(C)C)cc3)C2=O)ccc1Br. The summed E-state index contributed by atoms with van der Waals surface area (Å²) in [7, 11) is 0. The van der Waals surface area contributed by atoms with Crippen LogP contribution < -0.4 is 15.0 Å². The van der Waals surface area contributed by atoms with Crippen LogP contribution in [0.15, 0.2) is 52.5 Å². The molecular formula is C22H21BrN2O4. The largest absolute Gasteiger partial charge is 0.493 e. The monoisotopic (exact) mass is 456 g/mol. The second-order valence-electron chi connectivity index (χ2n) is 7.17. The number of rotatable bonds is 5. The number of urea groups is 1. The van der Waals surface area contributed by atoms with Gasteiger partial charge >= 0.3 is 6.03 Å². The van der Waals surface area contributed by atoms with E-state index in [0.717, 1.165) is 14.9 Å². The van der Waals surface area contributed by atoms with Gasteiger partial charge in [-0.05, 0) is 60.4 Å². The molecule has 7 heteroatoms. The number of ether oxygens (including phenoxy) is 1. The quantitative estimate of drug-likeness (QED) is 0.532. The van der Waals surface area contributed by atoms with Crippen molar-refractivity contribution in [1.29, 1.82) is 0 Å². The molecule has 3 rings (SSSR count). The van der Waals surface area contributed by atoms with Crippen LogP contribution in [0.2, 0.25) is 0 Å². The number of aryl methyl sites for hydroxylation is 1. The number of imide groups is 2. The molecule has 4 amide bonds. The van der Waals surface area contributed by atoms with Crippen molar-refractivity contribution < 1.29 is 19.1 Å². The maximum absolute atomic E-state index is 12.9. The zero-order chi connectivity index (χ0) is 21.1. The van der Waals surface area contributed by atoms with Gasteiger partial charge in [0.15, 0.2) is 0 Å². The van der Waals surface area contributed by atoms with E-state index in [2.05, 4.69) is 35.1 Å². The number of benzene rings is 2. The van der Waals surface area contributed by atoms with E-state index in [1.807, 2.05) is 6.92 Å². The van der Waals surface area contributed by atoms with E-state index in [1.165, 1.54) is 6.08 Å². The first kappa shape index (κ1) is 20.8. The van der Waals surface area contributed by atoms with Gasteiger partial charge in [-0.25, -0.2) is 9.69 Å². The van der Waals surface area contributed by atoms with Gasteiger partial charge in [0, 0.05) is 4.47 Å². The van der Waals surface area contributed by atoms with E-state index < -0.39 is 17.8 Å². The molecule has 150 valence electrons. The zero-order valence-electron chi connectivity index (χ0n) is 16.4. The van der Waals surface area contributed by atoms with Crippen LogP contribution in [0.4, 0.5) is 10.5 Å². The molecule has 0 unspecified atom stereocenters. The molecule has 2 aromatic rings. The standard InChI is InChI=1S/C22H21BrN2O4/c1-13(2)12-29-17-7-4-15(5-8-17)11-18-20(26)24-22(28)25(21(18)27)16-6-9-19(23)14(3)10-16/h4-11,13H,12H2,1-3H3,(H,24,26,28)/b18-11+. The van der Waals surface area contributed by atoms with Crippen LogP contribution in [0.3, 0.4) is 0 Å². The normalized spacial score (nSPS) is 15.8. The number of hydrogen-bond acceptors (Lipinski definition) is 4. The Hall–Kier alpha value is -2.93. The van der Waals surface area contributed by atoms with Gasteiger partial charge in [0.2, 0.25) is 0 Å². The van der Waals surface area contributed by atoms with Crippen molar-refractivity contribution in [3.05, 3.63) is 63.6 Å². The fraction of sp³-hybridized carbons (Fsp3) is 0.227. The Balaban J connectivity index is 1.88. The molecule has 1 heterocycles. The van der Waals surface area contributed by atoms with Crippen LogP contribution in [0.1, 0.15) is 25.0 Å². The molecule has 1 aliphatic rings. The van der Waals surface area contributed by atoms with Crippen molar-refractivity contribution >= 4 is 45.5 Å². The molecule has 29 heavy (non-hydrogen) atoms. The molecular weight excluding hydrogens is 436 g/mol. The summed E-state index contributed by atoms with van der Waals surface area (Å²) < 4.78 is 6.50. The van der Waals surface area contributed by atoms with Crippen molar-refractivity contribution in [2.45, 2.75) is 20.8 Å². The summed E-state index contributed by atoms with van der Waals surface area (Å²) >= 11 is 3.39. The summed E-state index contributed by atoms with van der Waals surface area (Å²) in [5.74, 6) is -0.264. The Morgan fingerprint density at radius 2 is 1.79 bits per heavy atom. The molecule has 1 saturated heterocycles. The first-order valence-electron chi connectivity index (χ1n) is 9.16. The summed E-state index contributed by atoms with van der Waals surface area (Å²) in [6.45, 7) is 6.58. The molecule has 1 fully saturated rings. The number of halogens is 1. The van der Waals surface area contributed by atoms with Crippen molar-refractivity contribution in [2.24, 2.45) is 5.92 Å². The van der Waals surface area contributed by atoms with E-state index in [4.69, 9.17) is 4.74 Å². The van der Waals surface area contributed by atoms with Crippen LogP contribution in [0, 0.1) is 12.8 Å². The highest BCUT2D eigenvalue weighted by Crippen LogP contribution is 2.26. The average molecular weight is 457 g/mol. The van der Waals surface area contributed by atoms with Gasteiger partial charge in [0.05, 0.1) is 12.3 Å². The van der Waals surface area contributed by atoms with Gasteiger partial charge in [0.1, 0.15) is 11.3 Å². The molecule has 6 nitrogen and oxygen atoms in total. The lowest BCUT2D eigenvalue weighted by Crippen LogP contribution is -2.54. The number of nitrogens with zero attached hydrogens (tertiary/aromatic N) is 1. The van der Waals surface area contributed by atoms with Gasteiger partial charge in [0.25, 0.3) is 11.8 Å². The lowest BCUT2D eigenvalue weighted by Gasteiger charge is -2.26. The Morgan fingerprint density at radius 3 is 2.41 bits per heavy atom. The Kier molecular flexibility index (Phi) is 6.17. The van der Waals surface area contributed by atoms with Crippen LogP contribution in [0.25, 0.3) is 6.08 Å². The minimum atomic E-state index is -0.767. The van der Waals surface area contributed by atoms with Gasteiger partial charge in [-0.15, -0.1) is 0 Å². The molecule has 0 saturated carbocycles. The lowest BCUT2D eigenvalue weighted by atomic mass is 10.1. The van der Waals surface area contributed by atoms with Crippen molar-refractivity contribution in [3.8, 4) is 5.75 Å². The number of carbonyl (C=O) groups is 3. The predicted octanol–water partition coefficient (Wildman–Crippen LogP) is 4.46. The maximum atomic E-state index is 12.9. The smallest absolute Gasteiger partial charge is 0.335 e. The maximum Gasteiger partial charge on any atom is 0.335 e. The molecule has 0 atom stereocenters. The van der Waals surface area contributed by atoms with Crippen LogP contribution in [-0.4, -0.2) is 24.5 Å². The summed E-state index contributed by atoms with van der Waals surface area (Å²) in [5, 5.41) is 2.23. The molecule has 2 aromatic carbocycles. The molecule has 1 aliphatic heterocycles. The first-order chi connectivity index (χ1) is 13.8. The second kappa shape index (κ2) is 8.61. The molecule has 0 spiro atoms. The van der Waals surface area contributed by atoms with Crippen LogP contribution >= 0.6 is 15.9 Å². The van der Waals surface area contributed by atoms with Crippen LogP contribution in [0.5, 0.6) is 5.75 Å². The van der Waals surface area contributed by atoms with Gasteiger partial charge in [-0.1, -0.05) is 41.9 Å². The van der Waals surface area contributed by atoms with Crippen molar-refractivity contribution in [3.63, 3.8) is 0 Å². The third-order valence-electron chi connectivity index (χ3n) is 4.28. The summed E-state index contributed by atoms with van der Waals surface area (Å²) in [4.78, 5) is 38.5. The first-order valence-corrected chi connectivity index (χ1v) is 9.96. The van der Waals surface area contributed by atoms with Gasteiger partial charge < -0.3 is 4.74 Å². The van der Waals surface area contributed by atoms with E-state index in [1.54, 1.807) is 42.5 Å². The van der Waals surface area contributed by atoms with Crippen LogP contribution in [-0.2, 0) is 9.59 Å². The van der Waals surface area contributed by atoms with E-state index in [9.17, 15) is 14.4 Å². The Morgan fingerprint density at radius 1 is 1.10 bits per heavy atom. The Labute approximate surface area is 177 Å². The number of nitrogens with one attached hydrogen (secondary N) is 1. The fourth-order valence-corrected chi connectivity index (χ4v) is 3.00. The minimum absolute atomic E-state index is 0.110. The number of anilines is 1. The average Bonchev–Trinajstić information content (AvgIpc) is 2.67. The highest BCUT2D eigenvalue weighted by Gasteiger charge is 2.36. The molecule has 0 aliphatic carbocycles. The van der Waals surface area contributed by atoms with Crippen molar-refractivity contribution in [2.75, 3.05) is 11.5 Å². The third kappa shape index (κ3) is 4.74. The third-order valence-corrected chi connectivity index (χ3v) is 5.17. The summed E-state index contributed by atoms with van der Waals surface area (Å²) in [6.07, 6.45) is 1.47. The molecule has 0 bridgehead atoms. The zero-order valence-corrected chi connectivity index (χ0v) is 17.9. The number of carbonyl (C=O) groups excluding carboxylic acids is 3. The van der Waals surface area contributed by atoms with E-state index in [-0.39, 0.29) is 5.57 Å². The second-order valence-corrected chi connectivity index (χ2v) is 8.02. The number of amides is 4. The molecule has 1 N–H and O–H groups in total. The lowest BCUT2D eigenvalue weighted by molar-refractivity contribution is -0.122. The van der Waals surface area contributed by atoms with Gasteiger partial charge in [-0.2, -0.15) is 0 Å². The predicted molar refractivity (Wildman–Crippen MR) is 115 cm³/mol. The number of barbiturate groups is 1. The highest BCUT2D eigenvalue weighted by molar-refractivity contribution is 9.10. The number of hydrogen-bond donors (Lipinski definition) is 1. The molecule has 0 radical (unpaired) electrons. The topological polar surface area (TPSA) is 75.7 Å². The Bertz CT molecular complexity index is 996. The fourth-order valence-electron chi connectivity index (χ4n) is 2.75.